The first kappa shape index (κ1) is 17.0. The molecule has 26 heavy (non-hydrogen) atoms. The largest absolute Gasteiger partial charge is 0.479 e. The summed E-state index contributed by atoms with van der Waals surface area (Å²) in [5.41, 5.74) is 2.29. The average Bonchev–Trinajstić information content (AvgIpc) is 3.11. The van der Waals surface area contributed by atoms with Crippen molar-refractivity contribution in [1.29, 1.82) is 0 Å². The number of halogens is 3. The third-order valence-electron chi connectivity index (χ3n) is 5.31. The molecule has 1 aromatic heterocycles. The molecule has 0 unspecified atom stereocenters. The Labute approximate surface area is 149 Å². The summed E-state index contributed by atoms with van der Waals surface area (Å²) in [4.78, 5) is 12.4. The molecule has 4 nitrogen and oxygen atoms in total. The molecule has 3 heterocycles. The maximum atomic E-state index is 12.7. The number of alkyl halides is 3. The number of carbonyl (C=O) groups is 1. The van der Waals surface area contributed by atoms with Gasteiger partial charge in [0.05, 0.1) is 11.4 Å². The molecule has 4 rings (SSSR count). The van der Waals surface area contributed by atoms with Gasteiger partial charge in [-0.25, -0.2) is 0 Å². The van der Waals surface area contributed by atoms with Gasteiger partial charge in [0.1, 0.15) is 5.75 Å². The molecule has 1 fully saturated rings. The Morgan fingerprint density at radius 1 is 1.23 bits per heavy atom. The zero-order valence-corrected chi connectivity index (χ0v) is 14.3. The van der Waals surface area contributed by atoms with Gasteiger partial charge >= 0.3 is 12.1 Å². The molecule has 2 aliphatic heterocycles. The summed E-state index contributed by atoms with van der Waals surface area (Å²) in [5.74, 6) is -1.03. The number of hydrogen-bond donors (Lipinski definition) is 0. The van der Waals surface area contributed by atoms with E-state index in [9.17, 15) is 18.0 Å². The van der Waals surface area contributed by atoms with Crippen molar-refractivity contribution in [3.63, 3.8) is 0 Å². The Balaban J connectivity index is 1.66. The summed E-state index contributed by atoms with van der Waals surface area (Å²) in [6, 6.07) is 9.91. The van der Waals surface area contributed by atoms with Crippen molar-refractivity contribution in [1.82, 2.24) is 9.47 Å². The number of rotatable bonds is 1. The Bertz CT molecular complexity index is 849. The number of carbonyl (C=O) groups excluding carboxylic acids is 1. The molecule has 1 spiro atoms. The van der Waals surface area contributed by atoms with Crippen LogP contribution in [0.2, 0.25) is 0 Å². The normalized spacial score (nSPS) is 18.2. The summed E-state index contributed by atoms with van der Waals surface area (Å²) >= 11 is 0. The van der Waals surface area contributed by atoms with Gasteiger partial charge in [-0.2, -0.15) is 13.2 Å². The maximum absolute atomic E-state index is 12.7. The van der Waals surface area contributed by atoms with E-state index in [1.807, 2.05) is 35.0 Å². The molecule has 0 bridgehead atoms. The van der Waals surface area contributed by atoms with Crippen molar-refractivity contribution in [2.24, 2.45) is 0 Å². The van der Waals surface area contributed by atoms with E-state index in [1.165, 1.54) is 0 Å². The van der Waals surface area contributed by atoms with Gasteiger partial charge in [-0.3, -0.25) is 4.79 Å². The molecule has 0 saturated carbocycles. The van der Waals surface area contributed by atoms with Crippen LogP contribution in [0.4, 0.5) is 13.2 Å². The van der Waals surface area contributed by atoms with Crippen LogP contribution in [0, 0.1) is 0 Å². The molecule has 0 radical (unpaired) electrons. The predicted octanol–water partition coefficient (Wildman–Crippen LogP) is 3.81. The number of amides is 1. The molecule has 0 aliphatic carbocycles. The summed E-state index contributed by atoms with van der Waals surface area (Å²) < 4.78 is 46.5. The van der Waals surface area contributed by atoms with Crippen molar-refractivity contribution in [3.05, 3.63) is 47.8 Å². The molecule has 0 atom stereocenters. The quantitative estimate of drug-likeness (QED) is 0.771. The minimum Gasteiger partial charge on any atom is -0.479 e. The van der Waals surface area contributed by atoms with Crippen LogP contribution in [0.5, 0.6) is 5.75 Å². The van der Waals surface area contributed by atoms with Crippen LogP contribution < -0.4 is 4.74 Å². The molecular weight excluding hydrogens is 345 g/mol. The van der Waals surface area contributed by atoms with Gasteiger partial charge in [-0.1, -0.05) is 13.0 Å². The highest BCUT2D eigenvalue weighted by atomic mass is 19.4. The van der Waals surface area contributed by atoms with Crippen LogP contribution in [0.3, 0.4) is 0 Å². The fourth-order valence-electron chi connectivity index (χ4n) is 3.89. The number of aromatic nitrogens is 1. The summed E-state index contributed by atoms with van der Waals surface area (Å²) in [5, 5.41) is 0. The highest BCUT2D eigenvalue weighted by molar-refractivity contribution is 5.82. The topological polar surface area (TPSA) is 34.5 Å². The molecule has 1 amide bonds. The Morgan fingerprint density at radius 2 is 1.96 bits per heavy atom. The first-order valence-electron chi connectivity index (χ1n) is 8.70. The van der Waals surface area contributed by atoms with Gasteiger partial charge in [0.15, 0.2) is 5.60 Å². The van der Waals surface area contributed by atoms with Crippen LogP contribution in [0.1, 0.15) is 31.0 Å². The number of likely N-dealkylation sites (tertiary alicyclic amines) is 1. The smallest absolute Gasteiger partial charge is 0.471 e. The highest BCUT2D eigenvalue weighted by Crippen LogP contribution is 2.45. The van der Waals surface area contributed by atoms with Crippen LogP contribution in [0.15, 0.2) is 36.5 Å². The first-order chi connectivity index (χ1) is 12.3. The van der Waals surface area contributed by atoms with Crippen LogP contribution in [-0.2, 0) is 16.8 Å². The number of ether oxygens (including phenoxy) is 1. The van der Waals surface area contributed by atoms with Crippen LogP contribution in [0.25, 0.3) is 5.69 Å². The van der Waals surface area contributed by atoms with Crippen molar-refractivity contribution in [2.45, 2.75) is 38.0 Å². The van der Waals surface area contributed by atoms with Crippen molar-refractivity contribution in [3.8, 4) is 11.4 Å². The number of benzene rings is 1. The summed E-state index contributed by atoms with van der Waals surface area (Å²) in [6.45, 7) is 2.10. The average molecular weight is 364 g/mol. The van der Waals surface area contributed by atoms with Crippen LogP contribution in [-0.4, -0.2) is 34.6 Å². The highest BCUT2D eigenvalue weighted by Gasteiger charge is 2.49. The van der Waals surface area contributed by atoms with Gasteiger partial charge in [0, 0.05) is 32.1 Å². The van der Waals surface area contributed by atoms with Gasteiger partial charge in [-0.05, 0) is 36.2 Å². The zero-order chi connectivity index (χ0) is 18.5. The van der Waals surface area contributed by atoms with E-state index in [0.717, 1.165) is 34.0 Å². The lowest BCUT2D eigenvalue weighted by molar-refractivity contribution is -0.188. The molecule has 2 aliphatic rings. The fourth-order valence-corrected chi connectivity index (χ4v) is 3.89. The monoisotopic (exact) mass is 364 g/mol. The summed E-state index contributed by atoms with van der Waals surface area (Å²) in [7, 11) is 0. The molecule has 0 N–H and O–H groups in total. The number of hydrogen-bond acceptors (Lipinski definition) is 2. The molecule has 138 valence electrons. The minimum atomic E-state index is -4.83. The molecular formula is C19H19F3N2O2. The minimum absolute atomic E-state index is 0.0202. The molecule has 7 heteroatoms. The number of fused-ring (bicyclic) bond motifs is 4. The number of piperidine rings is 1. The lowest BCUT2D eigenvalue weighted by Crippen LogP contribution is -2.52. The first-order valence-corrected chi connectivity index (χ1v) is 8.70. The van der Waals surface area contributed by atoms with E-state index in [-0.39, 0.29) is 13.1 Å². The molecule has 1 aromatic carbocycles. The third kappa shape index (κ3) is 2.57. The Kier molecular flexibility index (Phi) is 3.78. The predicted molar refractivity (Wildman–Crippen MR) is 89.3 cm³/mol. The second-order valence-corrected chi connectivity index (χ2v) is 6.81. The van der Waals surface area contributed by atoms with Crippen molar-refractivity contribution in [2.75, 3.05) is 13.1 Å². The van der Waals surface area contributed by atoms with Crippen molar-refractivity contribution < 1.29 is 22.7 Å². The van der Waals surface area contributed by atoms with Crippen molar-refractivity contribution >= 4 is 5.91 Å². The van der Waals surface area contributed by atoms with E-state index < -0.39 is 17.7 Å². The fraction of sp³-hybridized carbons (Fsp3) is 0.421. The second kappa shape index (κ2) is 5.79. The Hall–Kier alpha value is -2.44. The summed E-state index contributed by atoms with van der Waals surface area (Å²) in [6.07, 6.45) is -1.36. The standard InChI is InChI=1S/C19H19F3N2O2/c1-2-13-5-6-14-15(12-13)26-18(16-4-3-9-24(14)16)7-10-23(11-8-18)17(25)19(20,21)22/h3-6,9,12H,2,7-8,10-11H2,1H3. The van der Waals surface area contributed by atoms with Crippen LogP contribution >= 0.6 is 0 Å². The SMILES string of the molecule is CCc1ccc2c(c1)OC1(CCN(C(=O)C(F)(F)F)CC1)c1cccn1-2. The number of aryl methyl sites for hydroxylation is 1. The van der Waals surface area contributed by atoms with Gasteiger partial charge in [-0.15, -0.1) is 0 Å². The lowest BCUT2D eigenvalue weighted by atomic mass is 9.86. The second-order valence-electron chi connectivity index (χ2n) is 6.81. The number of nitrogens with zero attached hydrogens (tertiary/aromatic N) is 2. The molecule has 2 aromatic rings. The van der Waals surface area contributed by atoms with Gasteiger partial charge in [0.25, 0.3) is 0 Å². The Morgan fingerprint density at radius 3 is 2.62 bits per heavy atom. The van der Waals surface area contributed by atoms with Gasteiger partial charge in [0.2, 0.25) is 0 Å². The van der Waals surface area contributed by atoms with E-state index in [0.29, 0.717) is 12.8 Å². The van der Waals surface area contributed by atoms with Gasteiger partial charge < -0.3 is 14.2 Å². The zero-order valence-electron chi connectivity index (χ0n) is 14.3. The van der Waals surface area contributed by atoms with E-state index in [1.54, 1.807) is 0 Å². The maximum Gasteiger partial charge on any atom is 0.471 e. The third-order valence-corrected chi connectivity index (χ3v) is 5.31. The van der Waals surface area contributed by atoms with E-state index in [4.69, 9.17) is 4.74 Å². The van der Waals surface area contributed by atoms with E-state index >= 15 is 0 Å². The van der Waals surface area contributed by atoms with E-state index in [2.05, 4.69) is 13.0 Å². The lowest BCUT2D eigenvalue weighted by Gasteiger charge is -2.45. The molecule has 1 saturated heterocycles.